The monoisotopic (exact) mass is 319 g/mol. The van der Waals surface area contributed by atoms with Gasteiger partial charge in [0.1, 0.15) is 6.61 Å². The first-order chi connectivity index (χ1) is 9.81. The van der Waals surface area contributed by atoms with E-state index in [-0.39, 0.29) is 23.8 Å². The Morgan fingerprint density at radius 3 is 2.81 bits per heavy atom. The summed E-state index contributed by atoms with van der Waals surface area (Å²) in [5.41, 5.74) is 5.37. The Labute approximate surface area is 121 Å². The lowest BCUT2D eigenvalue weighted by Gasteiger charge is -2.10. The van der Waals surface area contributed by atoms with Crippen LogP contribution in [0.15, 0.2) is 12.1 Å². The van der Waals surface area contributed by atoms with Crippen molar-refractivity contribution >= 4 is 32.6 Å². The quantitative estimate of drug-likeness (QED) is 0.905. The molecule has 1 aromatic carbocycles. The van der Waals surface area contributed by atoms with Crippen molar-refractivity contribution in [2.45, 2.75) is 12.7 Å². The van der Waals surface area contributed by atoms with E-state index in [1.54, 1.807) is 0 Å². The Morgan fingerprint density at radius 2 is 2.19 bits per heavy atom. The molecule has 0 bridgehead atoms. The van der Waals surface area contributed by atoms with Crippen molar-refractivity contribution in [2.75, 3.05) is 19.5 Å². The molecule has 0 fully saturated rings. The highest BCUT2D eigenvalue weighted by atomic mass is 32.1. The fourth-order valence-corrected chi connectivity index (χ4v) is 2.61. The molecule has 21 heavy (non-hydrogen) atoms. The number of aromatic nitrogens is 1. The summed E-state index contributed by atoms with van der Waals surface area (Å²) >= 11 is 0.970. The van der Waals surface area contributed by atoms with Crippen LogP contribution >= 0.6 is 11.3 Å². The molecule has 114 valence electrons. The number of alkyl halides is 3. The number of nitrogen functional groups attached to an aromatic ring is 1. The lowest BCUT2D eigenvalue weighted by atomic mass is 10.1. The highest BCUT2D eigenvalue weighted by molar-refractivity contribution is 7.22. The third-order valence-electron chi connectivity index (χ3n) is 2.67. The molecule has 9 heteroatoms. The highest BCUT2D eigenvalue weighted by Crippen LogP contribution is 2.35. The van der Waals surface area contributed by atoms with Gasteiger partial charge in [0.25, 0.3) is 0 Å². The van der Waals surface area contributed by atoms with Gasteiger partial charge in [-0.2, -0.15) is 13.2 Å². The van der Waals surface area contributed by atoms with Crippen molar-refractivity contribution in [3.8, 4) is 0 Å². The molecule has 2 aromatic rings. The average molecular weight is 319 g/mol. The van der Waals surface area contributed by atoms with E-state index in [1.807, 2.05) is 0 Å². The molecule has 0 unspecified atom stereocenters. The summed E-state index contributed by atoms with van der Waals surface area (Å²) in [7, 11) is 1.35. The third kappa shape index (κ3) is 3.61. The molecule has 0 radical (unpaired) electrons. The number of rotatable bonds is 4. The molecule has 0 aliphatic heterocycles. The lowest BCUT2D eigenvalue weighted by molar-refractivity contribution is -0.137. The first-order valence-corrected chi connectivity index (χ1v) is 6.64. The van der Waals surface area contributed by atoms with Gasteiger partial charge < -0.3 is 15.8 Å². The number of nitrogens with zero attached hydrogens (tertiary/aromatic N) is 1. The van der Waals surface area contributed by atoms with Crippen LogP contribution in [0.3, 0.4) is 0 Å². The topological polar surface area (TPSA) is 77.2 Å². The van der Waals surface area contributed by atoms with Gasteiger partial charge in [-0.05, 0) is 17.7 Å². The van der Waals surface area contributed by atoms with Crippen LogP contribution in [0.25, 0.3) is 10.2 Å². The van der Waals surface area contributed by atoms with Crippen molar-refractivity contribution in [1.29, 1.82) is 0 Å². The first-order valence-electron chi connectivity index (χ1n) is 5.83. The smallest absolute Gasteiger partial charge is 0.375 e. The number of hydrogen-bond acceptors (Lipinski definition) is 5. The Bertz CT molecular complexity index is 670. The van der Waals surface area contributed by atoms with Crippen molar-refractivity contribution in [2.24, 2.45) is 0 Å². The zero-order valence-electron chi connectivity index (χ0n) is 11.0. The maximum atomic E-state index is 12.9. The van der Waals surface area contributed by atoms with E-state index in [4.69, 9.17) is 5.73 Å². The summed E-state index contributed by atoms with van der Waals surface area (Å²) in [4.78, 5) is 15.3. The summed E-state index contributed by atoms with van der Waals surface area (Å²) in [5.74, 6) is -0.425. The van der Waals surface area contributed by atoms with Crippen LogP contribution in [0.5, 0.6) is 0 Å². The van der Waals surface area contributed by atoms with Gasteiger partial charge >= 0.3 is 6.18 Å². The summed E-state index contributed by atoms with van der Waals surface area (Å²) in [6.07, 6.45) is -4.47. The third-order valence-corrected chi connectivity index (χ3v) is 3.50. The largest absolute Gasteiger partial charge is 0.416 e. The Balaban J connectivity index is 2.37. The van der Waals surface area contributed by atoms with E-state index in [0.717, 1.165) is 23.5 Å². The second-order valence-electron chi connectivity index (χ2n) is 4.24. The molecule has 1 heterocycles. The molecule has 1 amide bonds. The lowest BCUT2D eigenvalue weighted by Crippen LogP contribution is -2.26. The van der Waals surface area contributed by atoms with Crippen molar-refractivity contribution in [3.63, 3.8) is 0 Å². The minimum absolute atomic E-state index is 0.0776. The predicted molar refractivity (Wildman–Crippen MR) is 72.8 cm³/mol. The maximum absolute atomic E-state index is 12.9. The Morgan fingerprint density at radius 1 is 1.48 bits per heavy atom. The SMILES string of the molecule is COCC(=O)NCc1cc(C(F)(F)F)cc2sc(N)nc12. The Kier molecular flexibility index (Phi) is 4.33. The van der Waals surface area contributed by atoms with Crippen LogP contribution in [0.4, 0.5) is 18.3 Å². The fraction of sp³-hybridized carbons (Fsp3) is 0.333. The number of carbonyl (C=O) groups excluding carboxylic acids is 1. The fourth-order valence-electron chi connectivity index (χ4n) is 1.79. The predicted octanol–water partition coefficient (Wildman–Crippen LogP) is 2.16. The van der Waals surface area contributed by atoms with Gasteiger partial charge in [-0.15, -0.1) is 0 Å². The van der Waals surface area contributed by atoms with Crippen molar-refractivity contribution in [3.05, 3.63) is 23.3 Å². The first kappa shape index (κ1) is 15.5. The standard InChI is InChI=1S/C12H12F3N3O2S/c1-20-5-9(19)17-4-6-2-7(12(13,14)15)3-8-10(6)18-11(16)21-8/h2-3H,4-5H2,1H3,(H2,16,18)(H,17,19). The number of carbonyl (C=O) groups is 1. The van der Waals surface area contributed by atoms with Crippen LogP contribution in [-0.2, 0) is 22.3 Å². The van der Waals surface area contributed by atoms with E-state index in [9.17, 15) is 18.0 Å². The number of amides is 1. The molecule has 0 spiro atoms. The molecular formula is C12H12F3N3O2S. The van der Waals surface area contributed by atoms with E-state index >= 15 is 0 Å². The molecule has 2 rings (SSSR count). The number of anilines is 1. The number of hydrogen-bond donors (Lipinski definition) is 2. The van der Waals surface area contributed by atoms with E-state index in [2.05, 4.69) is 15.0 Å². The number of ether oxygens (including phenoxy) is 1. The van der Waals surface area contributed by atoms with Gasteiger partial charge in [0.05, 0.1) is 15.8 Å². The summed E-state index contributed by atoms with van der Waals surface area (Å²) in [5, 5.41) is 2.65. The summed E-state index contributed by atoms with van der Waals surface area (Å²) in [6, 6.07) is 1.97. The minimum Gasteiger partial charge on any atom is -0.375 e. The number of benzene rings is 1. The molecule has 1 aromatic heterocycles. The van der Waals surface area contributed by atoms with Gasteiger partial charge in [-0.25, -0.2) is 4.98 Å². The minimum atomic E-state index is -4.47. The average Bonchev–Trinajstić information content (AvgIpc) is 2.75. The normalized spacial score (nSPS) is 11.8. The number of fused-ring (bicyclic) bond motifs is 1. The van der Waals surface area contributed by atoms with E-state index in [0.29, 0.717) is 10.2 Å². The van der Waals surface area contributed by atoms with Crippen LogP contribution in [0, 0.1) is 0 Å². The molecule has 0 aliphatic rings. The number of halogens is 3. The molecule has 0 aliphatic carbocycles. The van der Waals surface area contributed by atoms with Gasteiger partial charge in [0, 0.05) is 13.7 Å². The number of methoxy groups -OCH3 is 1. The number of nitrogens with one attached hydrogen (secondary N) is 1. The van der Waals surface area contributed by atoms with Crippen molar-refractivity contribution in [1.82, 2.24) is 10.3 Å². The Hall–Kier alpha value is -1.87. The summed E-state index contributed by atoms with van der Waals surface area (Å²) in [6.45, 7) is -0.243. The molecule has 0 saturated heterocycles. The van der Waals surface area contributed by atoms with Gasteiger partial charge in [0.15, 0.2) is 5.13 Å². The van der Waals surface area contributed by atoms with Crippen LogP contribution < -0.4 is 11.1 Å². The van der Waals surface area contributed by atoms with Gasteiger partial charge in [0.2, 0.25) is 5.91 Å². The molecular weight excluding hydrogens is 307 g/mol. The zero-order chi connectivity index (χ0) is 15.6. The molecule has 0 atom stereocenters. The summed E-state index contributed by atoms with van der Waals surface area (Å²) < 4.78 is 43.6. The van der Waals surface area contributed by atoms with Gasteiger partial charge in [-0.1, -0.05) is 11.3 Å². The molecule has 0 saturated carbocycles. The molecule has 5 nitrogen and oxygen atoms in total. The van der Waals surface area contributed by atoms with Crippen LogP contribution in [0.1, 0.15) is 11.1 Å². The number of nitrogens with two attached hydrogens (primary N) is 1. The van der Waals surface area contributed by atoms with Crippen LogP contribution in [0.2, 0.25) is 0 Å². The number of thiazole rings is 1. The van der Waals surface area contributed by atoms with E-state index < -0.39 is 17.6 Å². The maximum Gasteiger partial charge on any atom is 0.416 e. The van der Waals surface area contributed by atoms with Gasteiger partial charge in [-0.3, -0.25) is 4.79 Å². The van der Waals surface area contributed by atoms with Crippen molar-refractivity contribution < 1.29 is 22.7 Å². The second-order valence-corrected chi connectivity index (χ2v) is 5.30. The zero-order valence-corrected chi connectivity index (χ0v) is 11.8. The van der Waals surface area contributed by atoms with E-state index in [1.165, 1.54) is 7.11 Å². The second kappa shape index (κ2) is 5.86. The highest BCUT2D eigenvalue weighted by Gasteiger charge is 2.31. The van der Waals surface area contributed by atoms with Crippen LogP contribution in [-0.4, -0.2) is 24.6 Å². The molecule has 3 N–H and O–H groups in total.